The second kappa shape index (κ2) is 25.4. The molecular weight excluding hydrogens is 805 g/mol. The molecule has 8 nitrogen and oxygen atoms in total. The summed E-state index contributed by atoms with van der Waals surface area (Å²) >= 11 is 1.39. The fourth-order valence-electron chi connectivity index (χ4n) is 6.50. The molecule has 0 aliphatic carbocycles. The van der Waals surface area contributed by atoms with Crippen LogP contribution in [0.25, 0.3) is 33.9 Å². The van der Waals surface area contributed by atoms with Gasteiger partial charge in [0.15, 0.2) is 0 Å². The van der Waals surface area contributed by atoms with Gasteiger partial charge in [-0.15, -0.1) is 11.3 Å². The summed E-state index contributed by atoms with van der Waals surface area (Å²) in [6, 6.07) is 34.5. The molecule has 0 saturated heterocycles. The van der Waals surface area contributed by atoms with Crippen molar-refractivity contribution in [1.82, 2.24) is 0 Å². The molecule has 328 valence electrons. The van der Waals surface area contributed by atoms with Crippen LogP contribution < -0.4 is 23.8 Å². The number of nitriles is 1. The quantitative estimate of drug-likeness (QED) is 0.0254. The lowest BCUT2D eigenvalue weighted by molar-refractivity contribution is -0.132. The molecule has 0 bridgehead atoms. The van der Waals surface area contributed by atoms with Gasteiger partial charge in [0.25, 0.3) is 0 Å². The van der Waals surface area contributed by atoms with Crippen LogP contribution in [0.5, 0.6) is 23.0 Å². The van der Waals surface area contributed by atoms with Crippen LogP contribution in [-0.4, -0.2) is 37.5 Å². The molecule has 1 aromatic heterocycles. The van der Waals surface area contributed by atoms with Crippen molar-refractivity contribution in [3.8, 4) is 51.3 Å². The number of hydrogen-bond acceptors (Lipinski definition) is 8. The molecule has 0 fully saturated rings. The monoisotopic (exact) mass is 864 g/mol. The number of aliphatic carboxylic acids is 1. The van der Waals surface area contributed by atoms with E-state index < -0.39 is 5.97 Å². The van der Waals surface area contributed by atoms with Gasteiger partial charge in [-0.25, -0.2) is 4.79 Å². The van der Waals surface area contributed by atoms with E-state index in [-0.39, 0.29) is 5.57 Å². The first-order valence-electron chi connectivity index (χ1n) is 22.1. The molecule has 4 aromatic carbocycles. The minimum Gasteiger partial charge on any atom is -0.493 e. The largest absolute Gasteiger partial charge is 0.493 e. The average Bonchev–Trinajstić information content (AvgIpc) is 3.77. The van der Waals surface area contributed by atoms with E-state index in [4.69, 9.17) is 18.9 Å². The molecule has 0 aliphatic heterocycles. The Morgan fingerprint density at radius 2 is 1.16 bits per heavy atom. The normalized spacial score (nSPS) is 11.6. The van der Waals surface area contributed by atoms with Gasteiger partial charge in [-0.2, -0.15) is 5.26 Å². The predicted molar refractivity (Wildman–Crippen MR) is 260 cm³/mol. The topological polar surface area (TPSA) is 101 Å². The number of unbranched alkanes of at least 4 members (excludes halogenated alkanes) is 4. The molecular formula is C54H60N2O6S. The van der Waals surface area contributed by atoms with Gasteiger partial charge in [0.1, 0.15) is 34.6 Å². The minimum atomic E-state index is -1.26. The van der Waals surface area contributed by atoms with Gasteiger partial charge >= 0.3 is 5.97 Å². The third kappa shape index (κ3) is 14.0. The van der Waals surface area contributed by atoms with Gasteiger partial charge in [-0.3, -0.25) is 0 Å². The fourth-order valence-corrected chi connectivity index (χ4v) is 7.47. The second-order valence-electron chi connectivity index (χ2n) is 14.9. The lowest BCUT2D eigenvalue weighted by atomic mass is 10.0. The Kier molecular flexibility index (Phi) is 19.2. The van der Waals surface area contributed by atoms with Gasteiger partial charge in [-0.05, 0) is 115 Å². The second-order valence-corrected chi connectivity index (χ2v) is 16.0. The summed E-state index contributed by atoms with van der Waals surface area (Å²) in [5, 5.41) is 18.6. The molecule has 0 unspecified atom stereocenters. The zero-order valence-corrected chi connectivity index (χ0v) is 37.9. The molecule has 63 heavy (non-hydrogen) atoms. The van der Waals surface area contributed by atoms with Crippen LogP contribution in [0.3, 0.4) is 0 Å². The molecule has 9 heteroatoms. The zero-order valence-electron chi connectivity index (χ0n) is 37.1. The van der Waals surface area contributed by atoms with Crippen molar-refractivity contribution in [3.05, 3.63) is 143 Å². The maximum atomic E-state index is 11.4. The molecule has 0 radical (unpaired) electrons. The van der Waals surface area contributed by atoms with Crippen molar-refractivity contribution < 1.29 is 28.8 Å². The maximum absolute atomic E-state index is 11.4. The predicted octanol–water partition coefficient (Wildman–Crippen LogP) is 14.7. The van der Waals surface area contributed by atoms with E-state index in [9.17, 15) is 15.2 Å². The third-order valence-electron chi connectivity index (χ3n) is 10.1. The number of nitrogens with zero attached hydrogens (tertiary/aromatic N) is 2. The number of ether oxygens (including phenoxy) is 4. The van der Waals surface area contributed by atoms with E-state index >= 15 is 0 Å². The van der Waals surface area contributed by atoms with Crippen LogP contribution in [0, 0.1) is 11.3 Å². The number of thiophene rings is 1. The number of anilines is 2. The summed E-state index contributed by atoms with van der Waals surface area (Å²) < 4.78 is 24.7. The van der Waals surface area contributed by atoms with Crippen LogP contribution in [0.4, 0.5) is 11.4 Å². The Morgan fingerprint density at radius 3 is 1.59 bits per heavy atom. The van der Waals surface area contributed by atoms with Crippen LogP contribution >= 0.6 is 11.3 Å². The van der Waals surface area contributed by atoms with Crippen LogP contribution in [0.2, 0.25) is 0 Å². The van der Waals surface area contributed by atoms with Crippen molar-refractivity contribution in [3.63, 3.8) is 0 Å². The highest BCUT2D eigenvalue weighted by Crippen LogP contribution is 2.38. The van der Waals surface area contributed by atoms with E-state index in [1.807, 2.05) is 48.7 Å². The summed E-state index contributed by atoms with van der Waals surface area (Å²) in [5.74, 6) is 1.96. The van der Waals surface area contributed by atoms with Crippen molar-refractivity contribution in [2.75, 3.05) is 31.3 Å². The molecule has 1 heterocycles. The first kappa shape index (κ1) is 47.5. The summed E-state index contributed by atoms with van der Waals surface area (Å²) in [5.41, 5.74) is 6.49. The number of allylic oxidation sites excluding steroid dienone is 4. The van der Waals surface area contributed by atoms with Gasteiger partial charge in [0.2, 0.25) is 0 Å². The molecule has 0 atom stereocenters. The number of rotatable bonds is 26. The Balaban J connectivity index is 1.51. The van der Waals surface area contributed by atoms with Gasteiger partial charge in [0, 0.05) is 50.6 Å². The molecule has 0 amide bonds. The van der Waals surface area contributed by atoms with Crippen molar-refractivity contribution >= 4 is 40.3 Å². The molecule has 5 rings (SSSR count). The number of carboxylic acid groups (broad SMARTS) is 1. The molecule has 0 saturated carbocycles. The average molecular weight is 865 g/mol. The summed E-state index contributed by atoms with van der Waals surface area (Å²) in [4.78, 5) is 15.1. The highest BCUT2D eigenvalue weighted by molar-refractivity contribution is 7.14. The fraction of sp³-hybridized carbons (Fsp3) is 0.296. The Bertz CT molecular complexity index is 2260. The Morgan fingerprint density at radius 1 is 0.683 bits per heavy atom. The van der Waals surface area contributed by atoms with Gasteiger partial charge in [0.05, 0.1) is 26.4 Å². The molecule has 1 N–H and O–H groups in total. The number of hydrogen-bond donors (Lipinski definition) is 1. The van der Waals surface area contributed by atoms with E-state index in [2.05, 4.69) is 99.8 Å². The Hall–Kier alpha value is -6.50. The van der Waals surface area contributed by atoms with Crippen LogP contribution in [0.15, 0.2) is 134 Å². The third-order valence-corrected chi connectivity index (χ3v) is 11.2. The summed E-state index contributed by atoms with van der Waals surface area (Å²) in [6.07, 6.45) is 17.2. The van der Waals surface area contributed by atoms with Crippen LogP contribution in [0.1, 0.15) is 88.8 Å². The van der Waals surface area contributed by atoms with Crippen molar-refractivity contribution in [1.29, 1.82) is 5.26 Å². The number of benzene rings is 4. The van der Waals surface area contributed by atoms with E-state index in [0.717, 1.165) is 118 Å². The highest BCUT2D eigenvalue weighted by Gasteiger charge is 2.15. The number of carboxylic acids is 1. The van der Waals surface area contributed by atoms with Crippen molar-refractivity contribution in [2.24, 2.45) is 0 Å². The Labute approximate surface area is 378 Å². The van der Waals surface area contributed by atoms with E-state index in [1.165, 1.54) is 17.4 Å². The van der Waals surface area contributed by atoms with E-state index in [1.54, 1.807) is 18.2 Å². The SMILES string of the molecule is C=CC(=CC=CN(c1ccc(-c2ccc(OCCCC)cc2OCCCC)cc1)c1ccc(-c2ccc(OCCCC)cc2OCCCC)cc1)c1ccc(C=C(C#N)C(=O)O)s1. The standard InChI is InChI=1S/C54H60N2O6S/c1-6-11-32-59-46-25-28-49(51(37-46)61-34-13-8-3)41-17-21-44(22-18-41)56(31-15-16-40(10-5)53-30-27-48(63-53)36-43(39-55)54(57)58)45-23-19-42(20-24-45)50-29-26-47(60-33-12-7-2)38-52(50)62-35-14-9-4/h10,15-31,36-38H,5-9,11-14,32-35H2,1-4H3,(H,57,58). The summed E-state index contributed by atoms with van der Waals surface area (Å²) in [7, 11) is 0. The molecule has 0 spiro atoms. The smallest absolute Gasteiger partial charge is 0.346 e. The first-order valence-corrected chi connectivity index (χ1v) is 22.9. The van der Waals surface area contributed by atoms with Crippen molar-refractivity contribution in [2.45, 2.75) is 79.1 Å². The lowest BCUT2D eigenvalue weighted by Gasteiger charge is -2.22. The highest BCUT2D eigenvalue weighted by atomic mass is 32.1. The first-order chi connectivity index (χ1) is 30.8. The van der Waals surface area contributed by atoms with E-state index in [0.29, 0.717) is 31.3 Å². The molecule has 0 aliphatic rings. The summed E-state index contributed by atoms with van der Waals surface area (Å²) in [6.45, 7) is 15.3. The van der Waals surface area contributed by atoms with Crippen LogP contribution in [-0.2, 0) is 4.79 Å². The molecule has 5 aromatic rings. The zero-order chi connectivity index (χ0) is 44.8. The minimum absolute atomic E-state index is 0.317. The van der Waals surface area contributed by atoms with Gasteiger partial charge < -0.3 is 29.0 Å². The maximum Gasteiger partial charge on any atom is 0.346 e. The number of carbonyl (C=O) groups is 1. The van der Waals surface area contributed by atoms with Gasteiger partial charge in [-0.1, -0.05) is 96.4 Å². The lowest BCUT2D eigenvalue weighted by Crippen LogP contribution is -2.08.